The van der Waals surface area contributed by atoms with Gasteiger partial charge in [0.1, 0.15) is 23.7 Å². The number of aromatic nitrogens is 3. The van der Waals surface area contributed by atoms with E-state index in [-0.39, 0.29) is 0 Å². The highest BCUT2D eigenvalue weighted by Crippen LogP contribution is 2.32. The molecule has 7 nitrogen and oxygen atoms in total. The van der Waals surface area contributed by atoms with Gasteiger partial charge >= 0.3 is 0 Å². The highest BCUT2D eigenvalue weighted by Gasteiger charge is 2.18. The Hall–Kier alpha value is -2.90. The second kappa shape index (κ2) is 8.00. The number of rotatable bonds is 8. The molecule has 2 N–H and O–H groups in total. The van der Waals surface area contributed by atoms with Crippen molar-refractivity contribution in [2.75, 3.05) is 26.1 Å². The van der Waals surface area contributed by atoms with E-state index in [9.17, 15) is 0 Å². The maximum absolute atomic E-state index is 6.28. The number of methoxy groups -OCH3 is 1. The summed E-state index contributed by atoms with van der Waals surface area (Å²) in [4.78, 5) is 9.34. The quantitative estimate of drug-likeness (QED) is 0.465. The molecular formula is C21H24N4O3. The van der Waals surface area contributed by atoms with E-state index in [1.165, 1.54) is 0 Å². The van der Waals surface area contributed by atoms with Gasteiger partial charge in [-0.2, -0.15) is 0 Å². The van der Waals surface area contributed by atoms with Crippen molar-refractivity contribution in [3.8, 4) is 11.3 Å². The Bertz CT molecular complexity index is 1090. The van der Waals surface area contributed by atoms with Gasteiger partial charge in [0.25, 0.3) is 0 Å². The molecule has 146 valence electrons. The Morgan fingerprint density at radius 2 is 2.11 bits per heavy atom. The van der Waals surface area contributed by atoms with Crippen LogP contribution in [0.4, 0.5) is 5.82 Å². The number of imidazole rings is 1. The molecule has 0 atom stereocenters. The summed E-state index contributed by atoms with van der Waals surface area (Å²) in [7, 11) is 1.71. The normalized spacial score (nSPS) is 11.6. The molecule has 0 aliphatic heterocycles. The average molecular weight is 380 g/mol. The van der Waals surface area contributed by atoms with Crippen LogP contribution in [0.2, 0.25) is 0 Å². The zero-order valence-electron chi connectivity index (χ0n) is 16.1. The number of hydrogen-bond donors (Lipinski definition) is 1. The van der Waals surface area contributed by atoms with Gasteiger partial charge in [-0.15, -0.1) is 0 Å². The molecule has 0 saturated heterocycles. The van der Waals surface area contributed by atoms with Crippen molar-refractivity contribution in [2.24, 2.45) is 0 Å². The van der Waals surface area contributed by atoms with Crippen molar-refractivity contribution in [1.82, 2.24) is 14.5 Å². The number of aryl methyl sites for hydroxylation is 1. The molecule has 3 heterocycles. The molecule has 3 aromatic heterocycles. The number of pyridine rings is 1. The lowest BCUT2D eigenvalue weighted by Gasteiger charge is -2.11. The Balaban J connectivity index is 1.89. The molecule has 0 unspecified atom stereocenters. The van der Waals surface area contributed by atoms with E-state index in [0.717, 1.165) is 46.5 Å². The minimum atomic E-state index is 0.419. The van der Waals surface area contributed by atoms with Crippen LogP contribution in [0.25, 0.3) is 33.3 Å². The van der Waals surface area contributed by atoms with Crippen LogP contribution < -0.4 is 5.73 Å². The highest BCUT2D eigenvalue weighted by atomic mass is 16.5. The standard InChI is InChI=1S/C21H24N4O3/c1-3-27-13-18-24-19-20(25(18)9-5-10-26-2)15-8-7-14(17-6-4-11-28-17)12-16(15)23-21(19)22/h4,6-8,11-12H,3,5,9-10,13H2,1-2H3,(H2,22,23). The number of nitrogen functional groups attached to an aromatic ring is 1. The molecule has 0 aliphatic rings. The summed E-state index contributed by atoms with van der Waals surface area (Å²) in [5.41, 5.74) is 9.76. The fourth-order valence-corrected chi connectivity index (χ4v) is 3.47. The first-order valence-electron chi connectivity index (χ1n) is 9.41. The number of nitrogens with two attached hydrogens (primary N) is 1. The molecule has 0 radical (unpaired) electrons. The van der Waals surface area contributed by atoms with Gasteiger partial charge in [0.15, 0.2) is 5.82 Å². The summed E-state index contributed by atoms with van der Waals surface area (Å²) < 4.78 is 18.6. The molecule has 0 amide bonds. The van der Waals surface area contributed by atoms with E-state index < -0.39 is 0 Å². The SMILES string of the molecule is CCOCc1nc2c(N)nc3cc(-c4ccco4)ccc3c2n1CCCOC. The molecule has 4 aromatic rings. The van der Waals surface area contributed by atoms with E-state index in [2.05, 4.69) is 15.6 Å². The summed E-state index contributed by atoms with van der Waals surface area (Å²) in [6.45, 7) is 4.48. The summed E-state index contributed by atoms with van der Waals surface area (Å²) in [6, 6.07) is 9.89. The lowest BCUT2D eigenvalue weighted by molar-refractivity contribution is 0.125. The zero-order valence-corrected chi connectivity index (χ0v) is 16.1. The van der Waals surface area contributed by atoms with E-state index in [1.807, 2.05) is 31.2 Å². The second-order valence-corrected chi connectivity index (χ2v) is 6.57. The van der Waals surface area contributed by atoms with E-state index in [0.29, 0.717) is 31.2 Å². The molecule has 4 rings (SSSR count). The van der Waals surface area contributed by atoms with E-state index in [1.54, 1.807) is 13.4 Å². The first kappa shape index (κ1) is 18.5. The van der Waals surface area contributed by atoms with Gasteiger partial charge in [0.2, 0.25) is 0 Å². The fourth-order valence-electron chi connectivity index (χ4n) is 3.47. The van der Waals surface area contributed by atoms with Gasteiger partial charge in [-0.1, -0.05) is 6.07 Å². The molecule has 1 aromatic carbocycles. The molecule has 0 spiro atoms. The number of furan rings is 1. The molecule has 0 bridgehead atoms. The molecular weight excluding hydrogens is 356 g/mol. The molecule has 28 heavy (non-hydrogen) atoms. The monoisotopic (exact) mass is 380 g/mol. The van der Waals surface area contributed by atoms with Crippen LogP contribution in [0.3, 0.4) is 0 Å². The Morgan fingerprint density at radius 1 is 1.21 bits per heavy atom. The predicted molar refractivity (Wildman–Crippen MR) is 109 cm³/mol. The molecule has 0 saturated carbocycles. The zero-order chi connectivity index (χ0) is 19.5. The third-order valence-electron chi connectivity index (χ3n) is 4.75. The molecule has 7 heteroatoms. The molecule has 0 fully saturated rings. The van der Waals surface area contributed by atoms with Crippen LogP contribution in [0.1, 0.15) is 19.2 Å². The smallest absolute Gasteiger partial charge is 0.152 e. The van der Waals surface area contributed by atoms with Crippen molar-refractivity contribution < 1.29 is 13.9 Å². The van der Waals surface area contributed by atoms with Crippen LogP contribution in [-0.4, -0.2) is 34.9 Å². The highest BCUT2D eigenvalue weighted by molar-refractivity contribution is 6.07. The van der Waals surface area contributed by atoms with Crippen LogP contribution in [0.15, 0.2) is 41.0 Å². The summed E-state index contributed by atoms with van der Waals surface area (Å²) in [6.07, 6.45) is 2.53. The van der Waals surface area contributed by atoms with Crippen molar-refractivity contribution in [2.45, 2.75) is 26.5 Å². The van der Waals surface area contributed by atoms with Gasteiger partial charge in [-0.3, -0.25) is 0 Å². The van der Waals surface area contributed by atoms with Crippen molar-refractivity contribution >= 4 is 27.8 Å². The first-order chi connectivity index (χ1) is 13.7. The average Bonchev–Trinajstić information content (AvgIpc) is 3.35. The van der Waals surface area contributed by atoms with Gasteiger partial charge in [-0.05, 0) is 37.6 Å². The lowest BCUT2D eigenvalue weighted by Crippen LogP contribution is -2.08. The van der Waals surface area contributed by atoms with Gasteiger partial charge < -0.3 is 24.2 Å². The Morgan fingerprint density at radius 3 is 2.86 bits per heavy atom. The number of ether oxygens (including phenoxy) is 2. The topological polar surface area (TPSA) is 88.3 Å². The minimum Gasteiger partial charge on any atom is -0.464 e. The Labute approximate surface area is 163 Å². The lowest BCUT2D eigenvalue weighted by atomic mass is 10.1. The Kier molecular flexibility index (Phi) is 5.27. The fraction of sp³-hybridized carbons (Fsp3) is 0.333. The van der Waals surface area contributed by atoms with Crippen LogP contribution >= 0.6 is 0 Å². The third-order valence-corrected chi connectivity index (χ3v) is 4.75. The molecule has 0 aliphatic carbocycles. The van der Waals surface area contributed by atoms with Gasteiger partial charge in [0, 0.05) is 37.8 Å². The number of nitrogens with zero attached hydrogens (tertiary/aromatic N) is 3. The number of fused-ring (bicyclic) bond motifs is 3. The summed E-state index contributed by atoms with van der Waals surface area (Å²) >= 11 is 0. The second-order valence-electron chi connectivity index (χ2n) is 6.57. The van der Waals surface area contributed by atoms with Crippen molar-refractivity contribution in [3.63, 3.8) is 0 Å². The predicted octanol–water partition coefficient (Wildman–Crippen LogP) is 4.00. The largest absolute Gasteiger partial charge is 0.464 e. The first-order valence-corrected chi connectivity index (χ1v) is 9.41. The van der Waals surface area contributed by atoms with Crippen molar-refractivity contribution in [3.05, 3.63) is 42.4 Å². The van der Waals surface area contributed by atoms with Crippen LogP contribution in [0.5, 0.6) is 0 Å². The number of benzene rings is 1. The summed E-state index contributed by atoms with van der Waals surface area (Å²) in [5, 5.41) is 1.01. The van der Waals surface area contributed by atoms with Crippen LogP contribution in [0, 0.1) is 0 Å². The number of hydrogen-bond acceptors (Lipinski definition) is 6. The van der Waals surface area contributed by atoms with Crippen LogP contribution in [-0.2, 0) is 22.6 Å². The van der Waals surface area contributed by atoms with Gasteiger partial charge in [-0.25, -0.2) is 9.97 Å². The minimum absolute atomic E-state index is 0.419. The maximum atomic E-state index is 6.28. The van der Waals surface area contributed by atoms with Gasteiger partial charge in [0.05, 0.1) is 17.3 Å². The summed E-state index contributed by atoms with van der Waals surface area (Å²) in [5.74, 6) is 2.07. The van der Waals surface area contributed by atoms with E-state index >= 15 is 0 Å². The third kappa shape index (κ3) is 3.34. The van der Waals surface area contributed by atoms with E-state index in [4.69, 9.17) is 24.6 Å². The number of anilines is 1. The maximum Gasteiger partial charge on any atom is 0.152 e. The van der Waals surface area contributed by atoms with Crippen molar-refractivity contribution in [1.29, 1.82) is 0 Å².